The van der Waals surface area contributed by atoms with Gasteiger partial charge in [-0.15, -0.1) is 11.3 Å². The quantitative estimate of drug-likeness (QED) is 0.776. The van der Waals surface area contributed by atoms with Gasteiger partial charge < -0.3 is 15.3 Å². The van der Waals surface area contributed by atoms with Gasteiger partial charge in [0.25, 0.3) is 5.91 Å². The van der Waals surface area contributed by atoms with Crippen LogP contribution in [0.3, 0.4) is 0 Å². The Morgan fingerprint density at radius 3 is 2.35 bits per heavy atom. The molecule has 26 heavy (non-hydrogen) atoms. The Kier molecular flexibility index (Phi) is 5.01. The molecule has 0 bridgehead atoms. The molecule has 2 heterocycles. The highest BCUT2D eigenvalue weighted by atomic mass is 35.5. The van der Waals surface area contributed by atoms with Crippen molar-refractivity contribution in [1.82, 2.24) is 10.2 Å². The highest BCUT2D eigenvalue weighted by Crippen LogP contribution is 2.46. The Morgan fingerprint density at radius 1 is 1.27 bits per heavy atom. The molecule has 0 radical (unpaired) electrons. The van der Waals surface area contributed by atoms with Crippen LogP contribution in [0.2, 0.25) is 4.34 Å². The van der Waals surface area contributed by atoms with Crippen LogP contribution in [0.5, 0.6) is 0 Å². The average Bonchev–Trinajstić information content (AvgIpc) is 2.91. The van der Waals surface area contributed by atoms with Crippen LogP contribution >= 0.6 is 22.9 Å². The molecule has 2 aliphatic carbocycles. The standard InChI is InChI=1S/C19H25ClN2O3S/c20-16-14(7-8-26-16)17(23)21-9-19(25)10-22(11-19)18(24)15(12-3-1-4-12)13-5-2-6-13/h7-8,12-13,15,25H,1-6,9-11H2,(H,21,23). The SMILES string of the molecule is O=C(NCC1(O)CN(C(=O)C(C2CCC2)C2CCC2)C1)c1ccsc1Cl. The molecule has 2 N–H and O–H groups in total. The van der Waals surface area contributed by atoms with E-state index in [1.807, 2.05) is 0 Å². The van der Waals surface area contributed by atoms with E-state index in [1.165, 1.54) is 49.9 Å². The predicted molar refractivity (Wildman–Crippen MR) is 101 cm³/mol. The van der Waals surface area contributed by atoms with Crippen molar-refractivity contribution in [1.29, 1.82) is 0 Å². The largest absolute Gasteiger partial charge is 0.384 e. The molecule has 1 saturated heterocycles. The van der Waals surface area contributed by atoms with Crippen LogP contribution in [0.15, 0.2) is 11.4 Å². The van der Waals surface area contributed by atoms with Crippen LogP contribution in [0.1, 0.15) is 48.9 Å². The van der Waals surface area contributed by atoms with Gasteiger partial charge in [0.1, 0.15) is 9.94 Å². The number of carbonyl (C=O) groups excluding carboxylic acids is 2. The highest BCUT2D eigenvalue weighted by molar-refractivity contribution is 7.14. The van der Waals surface area contributed by atoms with E-state index in [9.17, 15) is 14.7 Å². The number of β-amino-alcohol motifs (C(OH)–C–C–N with tert-alkyl or cyclic N) is 1. The van der Waals surface area contributed by atoms with Crippen molar-refractivity contribution in [3.05, 3.63) is 21.3 Å². The molecule has 3 fully saturated rings. The Balaban J connectivity index is 1.29. The molecule has 1 aromatic heterocycles. The summed E-state index contributed by atoms with van der Waals surface area (Å²) in [5, 5.41) is 15.1. The van der Waals surface area contributed by atoms with Gasteiger partial charge in [0.05, 0.1) is 25.2 Å². The second kappa shape index (κ2) is 7.13. The smallest absolute Gasteiger partial charge is 0.253 e. The summed E-state index contributed by atoms with van der Waals surface area (Å²) in [6, 6.07) is 1.67. The summed E-state index contributed by atoms with van der Waals surface area (Å²) in [5.41, 5.74) is -0.597. The summed E-state index contributed by atoms with van der Waals surface area (Å²) < 4.78 is 0.448. The topological polar surface area (TPSA) is 69.6 Å². The number of carbonyl (C=O) groups is 2. The van der Waals surface area contributed by atoms with E-state index in [1.54, 1.807) is 16.3 Å². The molecule has 0 atom stereocenters. The van der Waals surface area contributed by atoms with Crippen molar-refractivity contribution in [2.75, 3.05) is 19.6 Å². The molecule has 5 nitrogen and oxygen atoms in total. The maximum absolute atomic E-state index is 13.0. The van der Waals surface area contributed by atoms with Crippen molar-refractivity contribution >= 4 is 34.8 Å². The minimum Gasteiger partial charge on any atom is -0.384 e. The molecule has 3 aliphatic rings. The first-order valence-electron chi connectivity index (χ1n) is 9.49. The van der Waals surface area contributed by atoms with Crippen molar-refractivity contribution in [3.63, 3.8) is 0 Å². The number of nitrogens with one attached hydrogen (secondary N) is 1. The fraction of sp³-hybridized carbons (Fsp3) is 0.684. The molecule has 0 spiro atoms. The van der Waals surface area contributed by atoms with Crippen LogP contribution in [0.4, 0.5) is 0 Å². The normalized spacial score (nSPS) is 22.5. The van der Waals surface area contributed by atoms with Crippen LogP contribution < -0.4 is 5.32 Å². The van der Waals surface area contributed by atoms with Crippen LogP contribution in [-0.2, 0) is 4.79 Å². The third-order valence-electron chi connectivity index (χ3n) is 6.32. The van der Waals surface area contributed by atoms with Gasteiger partial charge in [-0.05, 0) is 49.0 Å². The summed E-state index contributed by atoms with van der Waals surface area (Å²) in [6.07, 6.45) is 7.15. The Bertz CT molecular complexity index is 679. The number of aliphatic hydroxyl groups is 1. The maximum atomic E-state index is 13.0. The molecule has 0 aromatic carbocycles. The van der Waals surface area contributed by atoms with E-state index in [0.29, 0.717) is 34.8 Å². The molecular weight excluding hydrogens is 372 g/mol. The molecular formula is C19H25ClN2O3S. The minimum absolute atomic E-state index is 0.138. The van der Waals surface area contributed by atoms with Gasteiger partial charge in [0.2, 0.25) is 5.91 Å². The lowest BCUT2D eigenvalue weighted by Gasteiger charge is -2.51. The van der Waals surface area contributed by atoms with Gasteiger partial charge in [-0.2, -0.15) is 0 Å². The van der Waals surface area contributed by atoms with Gasteiger partial charge in [0, 0.05) is 5.92 Å². The number of nitrogens with zero attached hydrogens (tertiary/aromatic N) is 1. The van der Waals surface area contributed by atoms with Gasteiger partial charge in [-0.3, -0.25) is 9.59 Å². The zero-order valence-electron chi connectivity index (χ0n) is 14.7. The second-order valence-corrected chi connectivity index (χ2v) is 9.64. The Morgan fingerprint density at radius 2 is 1.88 bits per heavy atom. The molecule has 1 aromatic rings. The summed E-state index contributed by atoms with van der Waals surface area (Å²) in [6.45, 7) is 0.748. The Labute approximate surface area is 162 Å². The summed E-state index contributed by atoms with van der Waals surface area (Å²) >= 11 is 7.28. The van der Waals surface area contributed by atoms with Crippen molar-refractivity contribution in [2.45, 2.75) is 44.1 Å². The molecule has 2 amide bonds. The molecule has 1 aliphatic heterocycles. The Hall–Kier alpha value is -1.11. The molecule has 0 unspecified atom stereocenters. The first-order valence-corrected chi connectivity index (χ1v) is 10.7. The third kappa shape index (κ3) is 3.39. The predicted octanol–water partition coefficient (Wildman–Crippen LogP) is 2.92. The van der Waals surface area contributed by atoms with E-state index in [4.69, 9.17) is 11.6 Å². The molecule has 4 rings (SSSR count). The monoisotopic (exact) mass is 396 g/mol. The number of hydrogen-bond donors (Lipinski definition) is 2. The lowest BCUT2D eigenvalue weighted by molar-refractivity contribution is -0.165. The minimum atomic E-state index is -1.03. The van der Waals surface area contributed by atoms with E-state index < -0.39 is 5.60 Å². The van der Waals surface area contributed by atoms with E-state index in [-0.39, 0.29) is 24.3 Å². The van der Waals surface area contributed by atoms with Crippen LogP contribution in [0.25, 0.3) is 0 Å². The van der Waals surface area contributed by atoms with Crippen molar-refractivity contribution in [2.24, 2.45) is 17.8 Å². The lowest BCUT2D eigenvalue weighted by atomic mass is 9.64. The zero-order chi connectivity index (χ0) is 18.3. The number of halogens is 1. The van der Waals surface area contributed by atoms with Crippen LogP contribution in [-0.4, -0.2) is 47.1 Å². The second-order valence-electron chi connectivity index (χ2n) is 8.12. The molecule has 142 valence electrons. The molecule has 7 heteroatoms. The van der Waals surface area contributed by atoms with Gasteiger partial charge in [-0.1, -0.05) is 24.4 Å². The number of thiophene rings is 1. The zero-order valence-corrected chi connectivity index (χ0v) is 16.3. The number of amides is 2. The van der Waals surface area contributed by atoms with E-state index >= 15 is 0 Å². The van der Waals surface area contributed by atoms with Gasteiger partial charge >= 0.3 is 0 Å². The van der Waals surface area contributed by atoms with Gasteiger partial charge in [0.15, 0.2) is 0 Å². The number of rotatable bonds is 6. The summed E-state index contributed by atoms with van der Waals surface area (Å²) in [4.78, 5) is 26.9. The van der Waals surface area contributed by atoms with E-state index in [0.717, 1.165) is 0 Å². The van der Waals surface area contributed by atoms with Crippen LogP contribution in [0, 0.1) is 17.8 Å². The first kappa shape index (κ1) is 18.3. The molecule has 2 saturated carbocycles. The van der Waals surface area contributed by atoms with E-state index in [2.05, 4.69) is 5.32 Å². The lowest BCUT2D eigenvalue weighted by Crippen LogP contribution is -2.69. The fourth-order valence-electron chi connectivity index (χ4n) is 4.32. The average molecular weight is 397 g/mol. The number of hydrogen-bond acceptors (Lipinski definition) is 4. The number of likely N-dealkylation sites (tertiary alicyclic amines) is 1. The highest BCUT2D eigenvalue weighted by Gasteiger charge is 2.49. The first-order chi connectivity index (χ1) is 12.5. The third-order valence-corrected chi connectivity index (χ3v) is 7.49. The van der Waals surface area contributed by atoms with Crippen molar-refractivity contribution in [3.8, 4) is 0 Å². The fourth-order valence-corrected chi connectivity index (χ4v) is 5.24. The summed E-state index contributed by atoms with van der Waals surface area (Å²) in [7, 11) is 0. The maximum Gasteiger partial charge on any atom is 0.253 e. The van der Waals surface area contributed by atoms with Gasteiger partial charge in [-0.25, -0.2) is 0 Å². The van der Waals surface area contributed by atoms with Crippen molar-refractivity contribution < 1.29 is 14.7 Å². The summed E-state index contributed by atoms with van der Waals surface area (Å²) in [5.74, 6) is 1.18.